The Bertz CT molecular complexity index is 5910. The van der Waals surface area contributed by atoms with Crippen molar-refractivity contribution >= 4 is 66.7 Å². The zero-order chi connectivity index (χ0) is 101. The van der Waals surface area contributed by atoms with E-state index in [1.165, 1.54) is 91.7 Å². The predicted molar refractivity (Wildman–Crippen MR) is 519 cm³/mol. The molecule has 0 N–H and O–H groups in total. The molecule has 732 valence electrons. The molecule has 2 heterocycles. The highest BCUT2D eigenvalue weighted by atomic mass is 127. The number of ketones is 1. The molecule has 12 aromatic rings. The molecule has 0 spiro atoms. The fourth-order valence-electron chi connectivity index (χ4n) is 12.4. The molecule has 0 bridgehead atoms. The molecule has 0 saturated carbocycles. The average Bonchev–Trinajstić information content (AvgIpc) is 0.815. The van der Waals surface area contributed by atoms with Gasteiger partial charge in [-0.05, 0) is 289 Å². The topological polar surface area (TPSA) is 330 Å². The van der Waals surface area contributed by atoms with E-state index in [-0.39, 0.29) is 116 Å². The number of para-hydroxylation sites is 1. The van der Waals surface area contributed by atoms with Crippen molar-refractivity contribution in [3.8, 4) is 34.5 Å². The Kier molecular flexibility index (Phi) is 47.1. The number of fused-ring (bicyclic) bond motifs is 2. The summed E-state index contributed by atoms with van der Waals surface area (Å²) < 4.78 is 177. The van der Waals surface area contributed by atoms with Gasteiger partial charge in [0.15, 0.2) is 32.9 Å². The minimum Gasteiger partial charge on any atom is -0.744 e. The summed E-state index contributed by atoms with van der Waals surface area (Å²) in [5, 5.41) is 0. The molecule has 1 saturated heterocycles. The number of carbonyl (C=O) groups is 2. The number of hydrogen-bond acceptors (Lipinski definition) is 20. The SMILES string of the molecule is CC(C)(C)OC(=O)Oc1ccc2c(c1)[I+]c1ccccc1O2.CC(C)(C)Oc1ccc([I+]c2ccccc2)cc1.CCC(C)c1ccc(S(=O)(=O)[O-])cc1.CCC(C)c1ccc(S(=O)(=O)[O-])cc1.CCC(C)c1ccc(S(=O)(=O)[O-])cc1.CCC(C)c1ccc(S(=O)(=O)[O-])cc1.CC[Si](CC)(CC)Oc1ccc([I+]c2ccccc2)cc1.O=C1OCCC1=[O+]c1ccc([I+]c2ccccc2)cc1. The van der Waals surface area contributed by atoms with Crippen molar-refractivity contribution in [1.82, 2.24) is 0 Å². The van der Waals surface area contributed by atoms with Gasteiger partial charge in [-0.15, -0.1) is 0 Å². The van der Waals surface area contributed by atoms with E-state index in [4.69, 9.17) is 32.5 Å². The van der Waals surface area contributed by atoms with Gasteiger partial charge >= 0.3 is 108 Å². The molecule has 0 radical (unpaired) electrons. The summed E-state index contributed by atoms with van der Waals surface area (Å²) >= 11 is -0.663. The van der Waals surface area contributed by atoms with Gasteiger partial charge in [0, 0.05) is 30.3 Å². The van der Waals surface area contributed by atoms with Crippen LogP contribution in [-0.4, -0.2) is 95.9 Å². The van der Waals surface area contributed by atoms with Gasteiger partial charge in [-0.3, -0.25) is 0 Å². The smallest absolute Gasteiger partial charge is 0.514 e. The fourth-order valence-corrected chi connectivity index (χ4v) is 26.1. The van der Waals surface area contributed by atoms with Crippen LogP contribution in [0.25, 0.3) is 0 Å². The Labute approximate surface area is 854 Å². The molecule has 2 aliphatic rings. The maximum absolute atomic E-state index is 11.7. The van der Waals surface area contributed by atoms with Crippen molar-refractivity contribution < 1.29 is 179 Å². The van der Waals surface area contributed by atoms with Crippen LogP contribution in [-0.2, 0) is 59.2 Å². The van der Waals surface area contributed by atoms with E-state index in [0.29, 0.717) is 54.0 Å². The Hall–Kier alpha value is -8.77. The lowest BCUT2D eigenvalue weighted by atomic mass is 9.99. The van der Waals surface area contributed by atoms with E-state index in [2.05, 4.69) is 249 Å². The van der Waals surface area contributed by atoms with Gasteiger partial charge in [0.1, 0.15) is 82.0 Å². The number of esters is 1. The molecule has 4 unspecified atom stereocenters. The van der Waals surface area contributed by atoms with Crippen molar-refractivity contribution in [3.63, 3.8) is 0 Å². The first-order valence-electron chi connectivity index (χ1n) is 44.9. The molecule has 14 rings (SSSR count). The van der Waals surface area contributed by atoms with E-state index in [1.54, 1.807) is 75.4 Å². The fraction of sp³-hybridized carbons (Fsp3) is 0.299. The van der Waals surface area contributed by atoms with Crippen LogP contribution in [0.2, 0.25) is 18.1 Å². The Morgan fingerprint density at radius 1 is 0.394 bits per heavy atom. The highest BCUT2D eigenvalue weighted by molar-refractivity contribution is 7.86. The van der Waals surface area contributed by atoms with E-state index in [9.17, 15) is 61.5 Å². The Morgan fingerprint density at radius 3 is 1.02 bits per heavy atom. The van der Waals surface area contributed by atoms with Crippen LogP contribution in [0.4, 0.5) is 4.79 Å². The molecule has 1 fully saturated rings. The van der Waals surface area contributed by atoms with Gasteiger partial charge in [0.25, 0.3) is 0 Å². The van der Waals surface area contributed by atoms with Gasteiger partial charge in [-0.25, -0.2) is 47.7 Å². The highest BCUT2D eigenvalue weighted by Gasteiger charge is 2.35. The molecule has 21 nitrogen and oxygen atoms in total. The lowest BCUT2D eigenvalue weighted by Gasteiger charge is -2.28. The summed E-state index contributed by atoms with van der Waals surface area (Å²) in [6.07, 6.45) is 3.82. The number of halogens is 4. The highest BCUT2D eigenvalue weighted by Crippen LogP contribution is 2.30. The summed E-state index contributed by atoms with van der Waals surface area (Å²) in [7, 11) is -18.7. The van der Waals surface area contributed by atoms with Crippen molar-refractivity contribution in [2.24, 2.45) is 0 Å². The van der Waals surface area contributed by atoms with E-state index in [1.807, 2.05) is 48.5 Å². The molecule has 2 aliphatic heterocycles. The van der Waals surface area contributed by atoms with Gasteiger partial charge in [0.2, 0.25) is 15.5 Å². The number of carbonyl (C=O) groups excluding carboxylic acids is 3. The summed E-state index contributed by atoms with van der Waals surface area (Å²) in [5.41, 5.74) is 3.52. The van der Waals surface area contributed by atoms with Crippen LogP contribution in [0.1, 0.15) is 196 Å². The monoisotopic (exact) mass is 2410 g/mol. The Morgan fingerprint density at radius 2 is 0.708 bits per heavy atom. The molecular weight excluding hydrogens is 2290 g/mol. The van der Waals surface area contributed by atoms with Crippen LogP contribution >= 0.6 is 0 Å². The van der Waals surface area contributed by atoms with E-state index >= 15 is 0 Å². The summed E-state index contributed by atoms with van der Waals surface area (Å²) in [5.74, 6) is 6.55. The molecule has 12 aromatic carbocycles. The molecular formula is C107H123I4O21S4Si+. The third kappa shape index (κ3) is 41.5. The van der Waals surface area contributed by atoms with E-state index in [0.717, 1.165) is 74.5 Å². The first kappa shape index (κ1) is 115. The second-order valence-corrected chi connectivity index (χ2v) is 55.8. The maximum atomic E-state index is 11.7. The second kappa shape index (κ2) is 56.0. The summed E-state index contributed by atoms with van der Waals surface area (Å²) in [4.78, 5) is 22.4. The molecule has 4 atom stereocenters. The molecule has 30 heteroatoms. The van der Waals surface area contributed by atoms with Gasteiger partial charge < -0.3 is 46.3 Å². The summed E-state index contributed by atoms with van der Waals surface area (Å²) in [6, 6.07) is 98.7. The quantitative estimate of drug-likeness (QED) is 0.00924. The van der Waals surface area contributed by atoms with Crippen LogP contribution in [0.15, 0.2) is 323 Å². The van der Waals surface area contributed by atoms with E-state index < -0.39 is 60.5 Å². The first-order valence-corrected chi connectivity index (χ1v) is 61.7. The first-order chi connectivity index (χ1) is 64.7. The van der Waals surface area contributed by atoms with Crippen LogP contribution in [0.5, 0.6) is 34.5 Å². The number of benzene rings is 12. The molecule has 0 aliphatic carbocycles. The zero-order valence-corrected chi connectivity index (χ0v) is 93.2. The molecule has 0 aromatic heterocycles. The normalized spacial score (nSPS) is 13.4. The largest absolute Gasteiger partial charge is 0.744 e. The maximum Gasteiger partial charge on any atom is 0.514 e. The zero-order valence-electron chi connectivity index (χ0n) is 80.3. The minimum atomic E-state index is -4.30. The van der Waals surface area contributed by atoms with Crippen LogP contribution < -0.4 is 103 Å². The Balaban J connectivity index is 0.000000215. The van der Waals surface area contributed by atoms with Gasteiger partial charge in [-0.2, -0.15) is 0 Å². The van der Waals surface area contributed by atoms with Gasteiger partial charge in [-0.1, -0.05) is 191 Å². The lowest BCUT2D eigenvalue weighted by Crippen LogP contribution is -3.61. The number of ether oxygens (including phenoxy) is 5. The third-order valence-corrected chi connectivity index (χ3v) is 40.1. The number of hydrogen-bond donors (Lipinski definition) is 0. The van der Waals surface area contributed by atoms with Gasteiger partial charge in [0.05, 0.1) is 19.6 Å². The number of cyclic esters (lactones) is 1. The van der Waals surface area contributed by atoms with Crippen molar-refractivity contribution in [2.75, 3.05) is 6.61 Å². The second-order valence-electron chi connectivity index (χ2n) is 33.6. The van der Waals surface area contributed by atoms with Crippen LogP contribution in [0, 0.1) is 28.6 Å². The molecule has 0 amide bonds. The van der Waals surface area contributed by atoms with Crippen molar-refractivity contribution in [2.45, 2.75) is 222 Å². The minimum absolute atomic E-state index is 0.0737. The van der Waals surface area contributed by atoms with Crippen molar-refractivity contribution in [1.29, 1.82) is 0 Å². The van der Waals surface area contributed by atoms with Crippen LogP contribution in [0.3, 0.4) is 0 Å². The average molecular weight is 2410 g/mol. The summed E-state index contributed by atoms with van der Waals surface area (Å²) in [6.45, 7) is 35.3. The standard InChI is InChI=1S/C18H24IOSi.C17H16IO4.C16H13IO3.C16H18IO.4C10H14O3S/c1-4-21(5-2,6-3)20-18-14-12-17(13-15-18)19-16-10-8-7-9-11-16;1-17(2,3)22-16(19)20-11-8-9-15-13(10-11)18-12-6-4-5-7-14(12)21-15;18-16-15(10-11-19-16)20-14-8-6-13(7-9-14)17-12-4-2-1-3-5-12;1-16(2,3)18-15-11-9-14(10-12-15)17-13-7-5-4-6-8-13;4*1-3-8(2)9-4-6-10(7-5-9)14(11,12)13/h7-15H,4-6H2,1-3H3;4-10H,1-3H3;1-9H,10-11H2;4-12H,1-3H3;4*4-8H,3H2,1-2H3,(H,11,12,13)/q2*+1;+2;+1;;;;/p-4. The number of rotatable bonds is 26. The molecule has 137 heavy (non-hydrogen) atoms. The van der Waals surface area contributed by atoms with Crippen molar-refractivity contribution in [3.05, 3.63) is 354 Å². The predicted octanol–water partition coefficient (Wildman–Crippen LogP) is 12.4. The third-order valence-electron chi connectivity index (χ3n) is 21.2. The lowest BCUT2D eigenvalue weighted by molar-refractivity contribution is -0.602.